The van der Waals surface area contributed by atoms with E-state index in [-0.39, 0.29) is 36.8 Å². The number of nitrogens with zero attached hydrogens (tertiary/aromatic N) is 3. The molecule has 5 aromatic rings. The number of allylic oxidation sites excluding steroid dienone is 2. The minimum atomic E-state index is -2.23. The molecule has 328 valence electrons. The normalized spacial score (nSPS) is 23.4. The number of aliphatic hydroxyl groups excluding tert-OH is 1. The third-order valence-corrected chi connectivity index (χ3v) is 12.6. The number of anilines is 1. The lowest BCUT2D eigenvalue weighted by Crippen LogP contribution is -2.53. The number of cyclic esters (lactones) is 1. The second-order valence-electron chi connectivity index (χ2n) is 16.3. The molecule has 9 rings (SSSR count). The van der Waals surface area contributed by atoms with Crippen LogP contribution in [0.3, 0.4) is 0 Å². The molecule has 0 radical (unpaired) electrons. The molecule has 5 aromatic carbocycles. The monoisotopic (exact) mass is 873 g/mol. The number of ether oxygens (including phenoxy) is 3. The Bertz CT molecular complexity index is 2770. The van der Waals surface area contributed by atoms with Crippen molar-refractivity contribution < 1.29 is 48.5 Å². The van der Waals surface area contributed by atoms with E-state index in [1.54, 1.807) is 47.4 Å². The first-order chi connectivity index (χ1) is 31.6. The third-order valence-electron chi connectivity index (χ3n) is 12.6. The molecule has 1 aliphatic carbocycles. The molecular formula is C51H43N3O11. The molecule has 4 aliphatic rings. The summed E-state index contributed by atoms with van der Waals surface area (Å²) < 4.78 is 18.0. The lowest BCUT2D eigenvalue weighted by molar-refractivity contribution is -0.384. The Morgan fingerprint density at radius 1 is 0.846 bits per heavy atom. The maximum Gasteiger partial charge on any atom is 0.421 e. The van der Waals surface area contributed by atoms with E-state index in [0.717, 1.165) is 36.2 Å². The van der Waals surface area contributed by atoms with Gasteiger partial charge in [0.25, 0.3) is 5.69 Å². The van der Waals surface area contributed by atoms with Crippen LogP contribution in [-0.2, 0) is 35.9 Å². The number of hydrogen-bond donors (Lipinski definition) is 2. The molecule has 0 aromatic heterocycles. The molecule has 14 nitrogen and oxygen atoms in total. The summed E-state index contributed by atoms with van der Waals surface area (Å²) in [6, 6.07) is 31.5. The maximum absolute atomic E-state index is 16.1. The Balaban J connectivity index is 1.29. The van der Waals surface area contributed by atoms with Crippen LogP contribution in [-0.4, -0.2) is 63.2 Å². The summed E-state index contributed by atoms with van der Waals surface area (Å²) in [7, 11) is 0. The SMILES string of the molecule is O=C1OC(c2ccccc2)C(c2ccccc2)N2C1C(C(=O)O)C1(C(=O)N(C(=O)OCc3ccc([N+](=O)[O-])cc3)c3ccc(C#CC4=CCCCC4)cc31)C2c1cccc(OCCO)c1. The van der Waals surface area contributed by atoms with Crippen LogP contribution in [0, 0.1) is 27.9 Å². The molecule has 3 heterocycles. The van der Waals surface area contributed by atoms with Gasteiger partial charge < -0.3 is 24.4 Å². The highest BCUT2D eigenvalue weighted by atomic mass is 16.6. The number of aliphatic hydroxyl groups is 1. The number of esters is 1. The molecule has 1 spiro atoms. The number of carbonyl (C=O) groups excluding carboxylic acids is 3. The van der Waals surface area contributed by atoms with E-state index in [9.17, 15) is 34.7 Å². The number of nitro groups is 1. The molecule has 0 bridgehead atoms. The predicted molar refractivity (Wildman–Crippen MR) is 235 cm³/mol. The van der Waals surface area contributed by atoms with Crippen LogP contribution in [0.5, 0.6) is 5.75 Å². The highest BCUT2D eigenvalue weighted by Crippen LogP contribution is 2.66. The number of carbonyl (C=O) groups is 4. The Labute approximate surface area is 373 Å². The van der Waals surface area contributed by atoms with Crippen molar-refractivity contribution in [1.29, 1.82) is 0 Å². The first kappa shape index (κ1) is 42.7. The second kappa shape index (κ2) is 17.9. The zero-order chi connectivity index (χ0) is 45.2. The topological polar surface area (TPSA) is 186 Å². The van der Waals surface area contributed by atoms with Crippen LogP contribution in [0.1, 0.15) is 77.3 Å². The molecule has 6 atom stereocenters. The van der Waals surface area contributed by atoms with Crippen LogP contribution < -0.4 is 9.64 Å². The van der Waals surface area contributed by atoms with Crippen molar-refractivity contribution >= 4 is 35.3 Å². The summed E-state index contributed by atoms with van der Waals surface area (Å²) in [4.78, 5) is 73.2. The molecule has 2 N–H and O–H groups in total. The number of rotatable bonds is 10. The molecular weight excluding hydrogens is 831 g/mol. The highest BCUT2D eigenvalue weighted by molar-refractivity contribution is 6.23. The van der Waals surface area contributed by atoms with Crippen molar-refractivity contribution in [3.8, 4) is 17.6 Å². The van der Waals surface area contributed by atoms with Gasteiger partial charge in [-0.3, -0.25) is 29.4 Å². The largest absolute Gasteiger partial charge is 0.491 e. The standard InChI is InChI=1S/C51H43N3O11/c55-27-28-63-39-18-10-17-37(30-39)46-51(42(47(56)57)44-48(58)65-45(36-15-8-3-9-16-36)43(53(44)46)35-13-6-2-7-14-35)40-29-33(20-19-32-11-4-1-5-12-32)23-26-41(40)52(49(51)59)50(60)64-31-34-21-24-38(25-22-34)54(61)62/h2-3,6-11,13-18,21-26,29-30,42-46,55H,1,4-5,12,27-28,31H2,(H,56,57). The van der Waals surface area contributed by atoms with Crippen LogP contribution in [0.15, 0.2) is 139 Å². The van der Waals surface area contributed by atoms with Gasteiger partial charge in [0.05, 0.1) is 29.3 Å². The molecule has 2 saturated heterocycles. The lowest BCUT2D eigenvalue weighted by atomic mass is 9.65. The van der Waals surface area contributed by atoms with Crippen molar-refractivity contribution in [2.24, 2.45) is 5.92 Å². The Hall–Kier alpha value is -7.60. The van der Waals surface area contributed by atoms with Gasteiger partial charge in [0.2, 0.25) is 5.91 Å². The fourth-order valence-electron chi connectivity index (χ4n) is 9.91. The van der Waals surface area contributed by atoms with Crippen LogP contribution in [0.25, 0.3) is 0 Å². The predicted octanol–water partition coefficient (Wildman–Crippen LogP) is 7.90. The van der Waals surface area contributed by atoms with Crippen molar-refractivity contribution in [1.82, 2.24) is 4.90 Å². The second-order valence-corrected chi connectivity index (χ2v) is 16.3. The molecule has 6 unspecified atom stereocenters. The number of nitro benzene ring substituents is 1. The maximum atomic E-state index is 16.1. The molecule has 2 amide bonds. The van der Waals surface area contributed by atoms with Gasteiger partial charge in [-0.25, -0.2) is 9.69 Å². The fourth-order valence-corrected chi connectivity index (χ4v) is 9.91. The number of non-ortho nitro benzene ring substituents is 1. The fraction of sp³-hybridized carbons (Fsp3) is 0.255. The molecule has 0 saturated carbocycles. The minimum absolute atomic E-state index is 0.0409. The van der Waals surface area contributed by atoms with Gasteiger partial charge >= 0.3 is 18.0 Å². The lowest BCUT2D eigenvalue weighted by Gasteiger charge is -2.46. The van der Waals surface area contributed by atoms with E-state index in [0.29, 0.717) is 33.6 Å². The van der Waals surface area contributed by atoms with Crippen LogP contribution in [0.4, 0.5) is 16.2 Å². The molecule has 65 heavy (non-hydrogen) atoms. The van der Waals surface area contributed by atoms with Gasteiger partial charge in [-0.1, -0.05) is 90.7 Å². The number of amides is 2. The number of fused-ring (bicyclic) bond motifs is 3. The number of aliphatic carboxylic acids is 1. The highest BCUT2D eigenvalue weighted by Gasteiger charge is 2.76. The third kappa shape index (κ3) is 7.68. The van der Waals surface area contributed by atoms with Gasteiger partial charge in [-0.15, -0.1) is 0 Å². The van der Waals surface area contributed by atoms with Crippen molar-refractivity contribution in [3.05, 3.63) is 183 Å². The van der Waals surface area contributed by atoms with Crippen molar-refractivity contribution in [3.63, 3.8) is 0 Å². The zero-order valence-corrected chi connectivity index (χ0v) is 34.9. The van der Waals surface area contributed by atoms with Gasteiger partial charge in [0.1, 0.15) is 42.4 Å². The van der Waals surface area contributed by atoms with E-state index in [2.05, 4.69) is 17.9 Å². The van der Waals surface area contributed by atoms with E-state index >= 15 is 4.79 Å². The van der Waals surface area contributed by atoms with Crippen molar-refractivity contribution in [2.75, 3.05) is 18.1 Å². The summed E-state index contributed by atoms with van der Waals surface area (Å²) in [5.74, 6) is 1.63. The summed E-state index contributed by atoms with van der Waals surface area (Å²) in [6.07, 6.45) is 3.72. The van der Waals surface area contributed by atoms with E-state index in [1.807, 2.05) is 60.7 Å². The van der Waals surface area contributed by atoms with Gasteiger partial charge in [0.15, 0.2) is 0 Å². The van der Waals surface area contributed by atoms with E-state index < -0.39 is 64.4 Å². The summed E-state index contributed by atoms with van der Waals surface area (Å²) in [6.45, 7) is -0.738. The first-order valence-electron chi connectivity index (χ1n) is 21.4. The minimum Gasteiger partial charge on any atom is -0.491 e. The summed E-state index contributed by atoms with van der Waals surface area (Å²) in [5.41, 5.74) is 1.27. The smallest absolute Gasteiger partial charge is 0.421 e. The summed E-state index contributed by atoms with van der Waals surface area (Å²) in [5, 5.41) is 32.7. The van der Waals surface area contributed by atoms with Crippen LogP contribution in [0.2, 0.25) is 0 Å². The quantitative estimate of drug-likeness (QED) is 0.0599. The molecule has 2 fully saturated rings. The first-order valence-corrected chi connectivity index (χ1v) is 21.4. The Morgan fingerprint density at radius 3 is 2.25 bits per heavy atom. The Kier molecular flexibility index (Phi) is 11.7. The molecule has 14 heteroatoms. The average Bonchev–Trinajstić information content (AvgIpc) is 3.79. The summed E-state index contributed by atoms with van der Waals surface area (Å²) >= 11 is 0. The van der Waals surface area contributed by atoms with Gasteiger partial charge in [-0.05, 0) is 102 Å². The van der Waals surface area contributed by atoms with Crippen molar-refractivity contribution in [2.45, 2.75) is 61.9 Å². The number of carboxylic acid groups (broad SMARTS) is 1. The number of hydrogen-bond acceptors (Lipinski definition) is 11. The number of carboxylic acids is 1. The number of benzene rings is 5. The van der Waals surface area contributed by atoms with Gasteiger partial charge in [0, 0.05) is 17.7 Å². The van der Waals surface area contributed by atoms with Gasteiger partial charge in [-0.2, -0.15) is 0 Å². The molecule has 3 aliphatic heterocycles. The van der Waals surface area contributed by atoms with Crippen LogP contribution >= 0.6 is 0 Å². The Morgan fingerprint density at radius 2 is 1.57 bits per heavy atom. The number of morpholine rings is 1. The van der Waals surface area contributed by atoms with E-state index in [1.165, 1.54) is 24.3 Å². The average molecular weight is 874 g/mol. The zero-order valence-electron chi connectivity index (χ0n) is 34.9. The number of imide groups is 1. The van der Waals surface area contributed by atoms with E-state index in [4.69, 9.17) is 14.2 Å².